The van der Waals surface area contributed by atoms with Gasteiger partial charge in [0.1, 0.15) is 6.26 Å². The van der Waals surface area contributed by atoms with Crippen LogP contribution in [0.5, 0.6) is 0 Å². The maximum Gasteiger partial charge on any atom is 0.303 e. The van der Waals surface area contributed by atoms with Gasteiger partial charge >= 0.3 is 5.97 Å². The predicted molar refractivity (Wildman–Crippen MR) is 126 cm³/mol. The number of hydrogen-bond donors (Lipinski definition) is 2. The first kappa shape index (κ1) is 23.3. The number of oxazole rings is 1. The number of aromatic nitrogens is 3. The molecule has 1 aromatic carbocycles. The fourth-order valence-corrected chi connectivity index (χ4v) is 5.39. The third-order valence-corrected chi connectivity index (χ3v) is 7.08. The molecule has 0 saturated carbocycles. The lowest BCUT2D eigenvalue weighted by Gasteiger charge is -2.26. The SMILES string of the molecule is O=C(O)CCc1ccccc1C[C@@H]1[C@H](c2nc(C(=O)NCCCn3ccnc3)co2)[C@H]2CC[C@@H]1O2. The van der Waals surface area contributed by atoms with Crippen molar-refractivity contribution in [2.45, 2.75) is 63.2 Å². The Balaban J connectivity index is 1.24. The second-order valence-corrected chi connectivity index (χ2v) is 9.33. The Bertz CT molecular complexity index is 1160. The van der Waals surface area contributed by atoms with Crippen molar-refractivity contribution >= 4 is 11.9 Å². The predicted octanol–water partition coefficient (Wildman–Crippen LogP) is 3.21. The van der Waals surface area contributed by atoms with E-state index in [2.05, 4.69) is 21.4 Å². The number of hydrogen-bond acceptors (Lipinski definition) is 6. The molecule has 2 fully saturated rings. The number of benzene rings is 1. The lowest BCUT2D eigenvalue weighted by Crippen LogP contribution is -2.28. The summed E-state index contributed by atoms with van der Waals surface area (Å²) in [6, 6.07) is 8.01. The Labute approximate surface area is 203 Å². The van der Waals surface area contributed by atoms with Gasteiger partial charge in [0.05, 0.1) is 24.5 Å². The van der Waals surface area contributed by atoms with Crippen molar-refractivity contribution in [1.29, 1.82) is 0 Å². The summed E-state index contributed by atoms with van der Waals surface area (Å²) in [5, 5.41) is 12.0. The molecule has 4 atom stereocenters. The topological polar surface area (TPSA) is 119 Å². The van der Waals surface area contributed by atoms with E-state index in [0.29, 0.717) is 18.9 Å². The van der Waals surface area contributed by atoms with Gasteiger partial charge in [-0.05, 0) is 43.2 Å². The van der Waals surface area contributed by atoms with Crippen molar-refractivity contribution in [1.82, 2.24) is 19.9 Å². The van der Waals surface area contributed by atoms with Gasteiger partial charge in [0, 0.05) is 37.8 Å². The molecule has 0 radical (unpaired) electrons. The van der Waals surface area contributed by atoms with Gasteiger partial charge < -0.3 is 24.1 Å². The number of amides is 1. The zero-order valence-corrected chi connectivity index (χ0v) is 19.5. The molecule has 9 heteroatoms. The lowest BCUT2D eigenvalue weighted by atomic mass is 9.75. The average Bonchev–Trinajstić information content (AvgIpc) is 3.66. The molecule has 2 saturated heterocycles. The van der Waals surface area contributed by atoms with Crippen LogP contribution in [0.15, 0.2) is 53.7 Å². The molecule has 2 aliphatic heterocycles. The van der Waals surface area contributed by atoms with Crippen molar-refractivity contribution in [3.05, 3.63) is 72.0 Å². The molecule has 2 aliphatic rings. The molecule has 4 heterocycles. The minimum atomic E-state index is -0.798. The number of fused-ring (bicyclic) bond motifs is 2. The van der Waals surface area contributed by atoms with Crippen LogP contribution in [-0.4, -0.2) is 50.3 Å². The lowest BCUT2D eigenvalue weighted by molar-refractivity contribution is -0.136. The normalized spacial score (nSPS) is 23.0. The number of aryl methyl sites for hydroxylation is 2. The Morgan fingerprint density at radius 3 is 2.80 bits per heavy atom. The van der Waals surface area contributed by atoms with Gasteiger partial charge in [-0.25, -0.2) is 9.97 Å². The highest BCUT2D eigenvalue weighted by molar-refractivity contribution is 5.91. The first-order chi connectivity index (χ1) is 17.1. The number of nitrogens with one attached hydrogen (secondary N) is 1. The van der Waals surface area contributed by atoms with Gasteiger partial charge in [-0.2, -0.15) is 0 Å². The minimum absolute atomic E-state index is 0.0240. The number of carboxylic acid groups (broad SMARTS) is 1. The summed E-state index contributed by atoms with van der Waals surface area (Å²) in [5.41, 5.74) is 2.48. The molecule has 9 nitrogen and oxygen atoms in total. The maximum atomic E-state index is 12.6. The van der Waals surface area contributed by atoms with Crippen LogP contribution in [-0.2, 0) is 28.9 Å². The quantitative estimate of drug-likeness (QED) is 0.406. The van der Waals surface area contributed by atoms with Gasteiger partial charge in [0.25, 0.3) is 5.91 Å². The Hall–Kier alpha value is -3.46. The fraction of sp³-hybridized carbons (Fsp3) is 0.462. The van der Waals surface area contributed by atoms with E-state index in [4.69, 9.17) is 14.3 Å². The number of carbonyl (C=O) groups is 2. The Morgan fingerprint density at radius 1 is 1.17 bits per heavy atom. The Morgan fingerprint density at radius 2 is 2.00 bits per heavy atom. The number of carbonyl (C=O) groups excluding carboxylic acids is 1. The van der Waals surface area contributed by atoms with Gasteiger partial charge in [0.15, 0.2) is 5.69 Å². The van der Waals surface area contributed by atoms with E-state index >= 15 is 0 Å². The summed E-state index contributed by atoms with van der Waals surface area (Å²) in [7, 11) is 0. The van der Waals surface area contributed by atoms with E-state index in [1.165, 1.54) is 6.26 Å². The van der Waals surface area contributed by atoms with Crippen LogP contribution in [0.1, 0.15) is 59.1 Å². The second kappa shape index (κ2) is 10.4. The van der Waals surface area contributed by atoms with E-state index in [9.17, 15) is 9.59 Å². The smallest absolute Gasteiger partial charge is 0.303 e. The van der Waals surface area contributed by atoms with E-state index in [1.807, 2.05) is 29.0 Å². The van der Waals surface area contributed by atoms with Crippen molar-refractivity contribution in [2.75, 3.05) is 6.54 Å². The summed E-state index contributed by atoms with van der Waals surface area (Å²) >= 11 is 0. The first-order valence-electron chi connectivity index (χ1n) is 12.2. The van der Waals surface area contributed by atoms with Crippen LogP contribution in [0.3, 0.4) is 0 Å². The molecular formula is C26H30N4O5. The third kappa shape index (κ3) is 5.30. The van der Waals surface area contributed by atoms with Gasteiger partial charge in [-0.3, -0.25) is 9.59 Å². The summed E-state index contributed by atoms with van der Waals surface area (Å²) in [6.07, 6.45) is 11.1. The third-order valence-electron chi connectivity index (χ3n) is 7.08. The number of rotatable bonds is 11. The highest BCUT2D eigenvalue weighted by Crippen LogP contribution is 2.49. The fourth-order valence-electron chi connectivity index (χ4n) is 5.39. The van der Waals surface area contributed by atoms with E-state index in [0.717, 1.165) is 43.4 Å². The van der Waals surface area contributed by atoms with Crippen molar-refractivity contribution < 1.29 is 23.8 Å². The van der Waals surface area contributed by atoms with E-state index in [1.54, 1.807) is 12.5 Å². The van der Waals surface area contributed by atoms with Crippen molar-refractivity contribution in [2.24, 2.45) is 5.92 Å². The molecule has 2 N–H and O–H groups in total. The second-order valence-electron chi connectivity index (χ2n) is 9.33. The largest absolute Gasteiger partial charge is 0.481 e. The number of imidazole rings is 1. The summed E-state index contributed by atoms with van der Waals surface area (Å²) in [5.74, 6) is -0.346. The zero-order chi connectivity index (χ0) is 24.2. The summed E-state index contributed by atoms with van der Waals surface area (Å²) in [4.78, 5) is 32.3. The molecule has 0 unspecified atom stereocenters. The summed E-state index contributed by atoms with van der Waals surface area (Å²) in [6.45, 7) is 1.31. The number of ether oxygens (including phenoxy) is 1. The highest BCUT2D eigenvalue weighted by atomic mass is 16.5. The zero-order valence-electron chi connectivity index (χ0n) is 19.5. The average molecular weight is 479 g/mol. The van der Waals surface area contributed by atoms with Gasteiger partial charge in [0.2, 0.25) is 5.89 Å². The van der Waals surface area contributed by atoms with Crippen LogP contribution in [0.25, 0.3) is 0 Å². The molecule has 0 aliphatic carbocycles. The number of aliphatic carboxylic acids is 1. The van der Waals surface area contributed by atoms with Gasteiger partial charge in [-0.15, -0.1) is 0 Å². The number of nitrogens with zero attached hydrogens (tertiary/aromatic N) is 3. The molecular weight excluding hydrogens is 448 g/mol. The van der Waals surface area contributed by atoms with Crippen molar-refractivity contribution in [3.63, 3.8) is 0 Å². The standard InChI is InChI=1S/C26H30N4O5/c31-23(32)9-6-17-4-1-2-5-18(17)14-19-21-7-8-22(35-21)24(19)26-29-20(15-34-26)25(33)28-10-3-12-30-13-11-27-16-30/h1-2,4-5,11,13,15-16,19,21-22,24H,3,6-10,12,14H2,(H,28,33)(H,31,32)/t19-,21-,22+,24-/m0/s1. The maximum absolute atomic E-state index is 12.6. The van der Waals surface area contributed by atoms with Crippen LogP contribution in [0.4, 0.5) is 0 Å². The molecule has 2 bridgehead atoms. The highest BCUT2D eigenvalue weighted by Gasteiger charge is 2.51. The van der Waals surface area contributed by atoms with Crippen LogP contribution in [0, 0.1) is 5.92 Å². The molecule has 0 spiro atoms. The van der Waals surface area contributed by atoms with Crippen LogP contribution >= 0.6 is 0 Å². The molecule has 35 heavy (non-hydrogen) atoms. The molecule has 5 rings (SSSR count). The van der Waals surface area contributed by atoms with E-state index in [-0.39, 0.29) is 42.1 Å². The molecule has 3 aromatic rings. The first-order valence-corrected chi connectivity index (χ1v) is 12.2. The minimum Gasteiger partial charge on any atom is -0.481 e. The monoisotopic (exact) mass is 478 g/mol. The Kier molecular flexibility index (Phi) is 6.94. The van der Waals surface area contributed by atoms with Crippen LogP contribution < -0.4 is 5.32 Å². The molecule has 2 aromatic heterocycles. The number of carboxylic acids is 1. The summed E-state index contributed by atoms with van der Waals surface area (Å²) < 4.78 is 14.0. The van der Waals surface area contributed by atoms with Gasteiger partial charge in [-0.1, -0.05) is 24.3 Å². The molecule has 1 amide bonds. The van der Waals surface area contributed by atoms with Crippen LogP contribution in [0.2, 0.25) is 0 Å². The van der Waals surface area contributed by atoms with E-state index < -0.39 is 5.97 Å². The van der Waals surface area contributed by atoms with Crippen molar-refractivity contribution in [3.8, 4) is 0 Å². The molecule has 184 valence electrons.